The predicted octanol–water partition coefficient (Wildman–Crippen LogP) is 3.90. The van der Waals surface area contributed by atoms with E-state index in [-0.39, 0.29) is 10.6 Å². The summed E-state index contributed by atoms with van der Waals surface area (Å²) in [6.07, 6.45) is 0. The second-order valence-electron chi connectivity index (χ2n) is 3.67. The standard InChI is InChI=1S/C12H10ClNO3S/c1-6-7(2)18-12(14-6)17-8-3-4-10(13)9(5-8)11(15)16/h3-5H,1-2H3,(H,15,16). The van der Waals surface area contributed by atoms with E-state index in [4.69, 9.17) is 21.4 Å². The van der Waals surface area contributed by atoms with Crippen molar-refractivity contribution in [2.45, 2.75) is 13.8 Å². The molecule has 2 rings (SSSR count). The van der Waals surface area contributed by atoms with E-state index in [1.54, 1.807) is 6.07 Å². The van der Waals surface area contributed by atoms with Crippen molar-refractivity contribution in [1.82, 2.24) is 4.98 Å². The summed E-state index contributed by atoms with van der Waals surface area (Å²) >= 11 is 7.19. The zero-order valence-electron chi connectivity index (χ0n) is 9.73. The lowest BCUT2D eigenvalue weighted by Gasteiger charge is -2.04. The summed E-state index contributed by atoms with van der Waals surface area (Å²) in [4.78, 5) is 16.2. The molecule has 0 amide bonds. The van der Waals surface area contributed by atoms with Crippen molar-refractivity contribution in [2.75, 3.05) is 0 Å². The van der Waals surface area contributed by atoms with Crippen LogP contribution in [-0.4, -0.2) is 16.1 Å². The fourth-order valence-corrected chi connectivity index (χ4v) is 2.29. The molecule has 0 unspecified atom stereocenters. The topological polar surface area (TPSA) is 59.4 Å². The van der Waals surface area contributed by atoms with Crippen LogP contribution in [0.15, 0.2) is 18.2 Å². The van der Waals surface area contributed by atoms with E-state index in [1.807, 2.05) is 13.8 Å². The Morgan fingerprint density at radius 3 is 2.72 bits per heavy atom. The maximum absolute atomic E-state index is 10.9. The van der Waals surface area contributed by atoms with E-state index in [1.165, 1.54) is 23.5 Å². The number of carboxylic acids is 1. The van der Waals surface area contributed by atoms with Gasteiger partial charge < -0.3 is 9.84 Å². The maximum Gasteiger partial charge on any atom is 0.337 e. The quantitative estimate of drug-likeness (QED) is 0.928. The highest BCUT2D eigenvalue weighted by Crippen LogP contribution is 2.30. The largest absolute Gasteiger partial charge is 0.478 e. The Morgan fingerprint density at radius 1 is 1.44 bits per heavy atom. The Morgan fingerprint density at radius 2 is 2.17 bits per heavy atom. The molecule has 0 aliphatic carbocycles. The molecule has 1 aromatic heterocycles. The third-order valence-electron chi connectivity index (χ3n) is 2.38. The lowest BCUT2D eigenvalue weighted by Crippen LogP contribution is -1.97. The molecule has 0 saturated carbocycles. The zero-order chi connectivity index (χ0) is 13.3. The molecular formula is C12H10ClNO3S. The number of halogens is 1. The smallest absolute Gasteiger partial charge is 0.337 e. The van der Waals surface area contributed by atoms with Gasteiger partial charge in [0.1, 0.15) is 5.75 Å². The number of rotatable bonds is 3. The van der Waals surface area contributed by atoms with Crippen molar-refractivity contribution in [1.29, 1.82) is 0 Å². The van der Waals surface area contributed by atoms with Gasteiger partial charge in [0.25, 0.3) is 5.19 Å². The monoisotopic (exact) mass is 283 g/mol. The van der Waals surface area contributed by atoms with Crippen molar-refractivity contribution < 1.29 is 14.6 Å². The molecule has 0 saturated heterocycles. The molecule has 0 aliphatic rings. The molecule has 0 bridgehead atoms. The first-order chi connectivity index (χ1) is 8.47. The number of benzene rings is 1. The lowest BCUT2D eigenvalue weighted by atomic mass is 10.2. The molecule has 0 atom stereocenters. The van der Waals surface area contributed by atoms with Crippen LogP contribution < -0.4 is 4.74 Å². The van der Waals surface area contributed by atoms with Gasteiger partial charge >= 0.3 is 5.97 Å². The molecule has 2 aromatic rings. The third-order valence-corrected chi connectivity index (χ3v) is 3.66. The van der Waals surface area contributed by atoms with Crippen LogP contribution >= 0.6 is 22.9 Å². The van der Waals surface area contributed by atoms with Crippen LogP contribution in [0.5, 0.6) is 10.9 Å². The highest BCUT2D eigenvalue weighted by Gasteiger charge is 2.12. The van der Waals surface area contributed by atoms with Crippen molar-refractivity contribution in [3.05, 3.63) is 39.4 Å². The van der Waals surface area contributed by atoms with Crippen LogP contribution in [0, 0.1) is 13.8 Å². The zero-order valence-corrected chi connectivity index (χ0v) is 11.3. The van der Waals surface area contributed by atoms with Gasteiger partial charge in [-0.2, -0.15) is 0 Å². The molecule has 94 valence electrons. The fraction of sp³-hybridized carbons (Fsp3) is 0.167. The highest BCUT2D eigenvalue weighted by atomic mass is 35.5. The molecule has 1 heterocycles. The average molecular weight is 284 g/mol. The van der Waals surface area contributed by atoms with Gasteiger partial charge in [0, 0.05) is 4.88 Å². The van der Waals surface area contributed by atoms with Crippen LogP contribution in [0.25, 0.3) is 0 Å². The number of aryl methyl sites for hydroxylation is 2. The van der Waals surface area contributed by atoms with E-state index < -0.39 is 5.97 Å². The number of carboxylic acid groups (broad SMARTS) is 1. The van der Waals surface area contributed by atoms with Crippen LogP contribution in [0.4, 0.5) is 0 Å². The molecule has 1 N–H and O–H groups in total. The third kappa shape index (κ3) is 2.63. The number of carbonyl (C=O) groups is 1. The summed E-state index contributed by atoms with van der Waals surface area (Å²) in [7, 11) is 0. The molecule has 0 fully saturated rings. The van der Waals surface area contributed by atoms with Gasteiger partial charge in [-0.1, -0.05) is 22.9 Å². The lowest BCUT2D eigenvalue weighted by molar-refractivity contribution is 0.0696. The van der Waals surface area contributed by atoms with Gasteiger partial charge in [-0.3, -0.25) is 0 Å². The number of hydrogen-bond acceptors (Lipinski definition) is 4. The summed E-state index contributed by atoms with van der Waals surface area (Å²) in [5, 5.41) is 9.62. The van der Waals surface area contributed by atoms with Gasteiger partial charge in [-0.25, -0.2) is 9.78 Å². The first kappa shape index (κ1) is 12.9. The minimum absolute atomic E-state index is 0.0131. The molecule has 6 heteroatoms. The van der Waals surface area contributed by atoms with Crippen molar-refractivity contribution in [3.8, 4) is 10.9 Å². The molecule has 4 nitrogen and oxygen atoms in total. The Labute approximate surface area is 113 Å². The van der Waals surface area contributed by atoms with Crippen LogP contribution in [0.3, 0.4) is 0 Å². The first-order valence-corrected chi connectivity index (χ1v) is 6.31. The highest BCUT2D eigenvalue weighted by molar-refractivity contribution is 7.13. The second kappa shape index (κ2) is 4.96. The molecular weight excluding hydrogens is 274 g/mol. The van der Waals surface area contributed by atoms with Gasteiger partial charge in [0.15, 0.2) is 0 Å². The Hall–Kier alpha value is -1.59. The summed E-state index contributed by atoms with van der Waals surface area (Å²) < 4.78 is 5.51. The van der Waals surface area contributed by atoms with E-state index in [2.05, 4.69) is 4.98 Å². The summed E-state index contributed by atoms with van der Waals surface area (Å²) in [5.41, 5.74) is 0.918. The van der Waals surface area contributed by atoms with Crippen LogP contribution in [0.1, 0.15) is 20.9 Å². The average Bonchev–Trinajstić information content (AvgIpc) is 2.60. The van der Waals surface area contributed by atoms with Gasteiger partial charge in [0.2, 0.25) is 0 Å². The summed E-state index contributed by atoms with van der Waals surface area (Å²) in [6, 6.07) is 4.49. The minimum Gasteiger partial charge on any atom is -0.478 e. The molecule has 1 aromatic carbocycles. The predicted molar refractivity (Wildman–Crippen MR) is 70.1 cm³/mol. The van der Waals surface area contributed by atoms with E-state index in [0.29, 0.717) is 10.9 Å². The number of ether oxygens (including phenoxy) is 1. The van der Waals surface area contributed by atoms with Crippen LogP contribution in [-0.2, 0) is 0 Å². The Balaban J connectivity index is 2.29. The van der Waals surface area contributed by atoms with Gasteiger partial charge in [-0.15, -0.1) is 0 Å². The number of aromatic carboxylic acids is 1. The molecule has 0 radical (unpaired) electrons. The van der Waals surface area contributed by atoms with Crippen molar-refractivity contribution >= 4 is 28.9 Å². The van der Waals surface area contributed by atoms with Crippen LogP contribution in [0.2, 0.25) is 5.02 Å². The number of thiazole rings is 1. The summed E-state index contributed by atoms with van der Waals surface area (Å²) in [5.74, 6) is -0.678. The number of aromatic nitrogens is 1. The fourth-order valence-electron chi connectivity index (χ4n) is 1.32. The van der Waals surface area contributed by atoms with E-state index >= 15 is 0 Å². The number of hydrogen-bond donors (Lipinski definition) is 1. The Kier molecular flexibility index (Phi) is 3.54. The van der Waals surface area contributed by atoms with Crippen molar-refractivity contribution in [3.63, 3.8) is 0 Å². The normalized spacial score (nSPS) is 10.4. The summed E-state index contributed by atoms with van der Waals surface area (Å²) in [6.45, 7) is 3.84. The SMILES string of the molecule is Cc1nc(Oc2ccc(Cl)c(C(=O)O)c2)sc1C. The van der Waals surface area contributed by atoms with E-state index in [9.17, 15) is 4.79 Å². The second-order valence-corrected chi connectivity index (χ2v) is 5.24. The maximum atomic E-state index is 10.9. The van der Waals surface area contributed by atoms with Gasteiger partial charge in [-0.05, 0) is 32.0 Å². The van der Waals surface area contributed by atoms with Crippen molar-refractivity contribution in [2.24, 2.45) is 0 Å². The number of nitrogens with zero attached hydrogens (tertiary/aromatic N) is 1. The molecule has 18 heavy (non-hydrogen) atoms. The van der Waals surface area contributed by atoms with E-state index in [0.717, 1.165) is 10.6 Å². The molecule has 0 spiro atoms. The first-order valence-electron chi connectivity index (χ1n) is 5.12. The Bertz CT molecular complexity index is 590. The van der Waals surface area contributed by atoms with Gasteiger partial charge in [0.05, 0.1) is 16.3 Å². The minimum atomic E-state index is -1.09. The molecule has 0 aliphatic heterocycles.